The summed E-state index contributed by atoms with van der Waals surface area (Å²) < 4.78 is 44.0. The van der Waals surface area contributed by atoms with Crippen LogP contribution in [0.2, 0.25) is 0 Å². The van der Waals surface area contributed by atoms with Gasteiger partial charge in [-0.1, -0.05) is 12.1 Å². The fourth-order valence-corrected chi connectivity index (χ4v) is 2.83. The van der Waals surface area contributed by atoms with E-state index in [1.165, 1.54) is 6.07 Å². The van der Waals surface area contributed by atoms with E-state index >= 15 is 0 Å². The van der Waals surface area contributed by atoms with Crippen molar-refractivity contribution in [2.75, 3.05) is 0 Å². The van der Waals surface area contributed by atoms with Gasteiger partial charge in [-0.2, -0.15) is 13.2 Å². The number of hydrogen-bond acceptors (Lipinski definition) is 3. The minimum absolute atomic E-state index is 0.0901. The molecule has 3 rings (SSSR count). The van der Waals surface area contributed by atoms with E-state index in [-0.39, 0.29) is 12.1 Å². The van der Waals surface area contributed by atoms with Crippen molar-refractivity contribution < 1.29 is 22.4 Å². The Hall–Kier alpha value is -2.48. The molecule has 0 unspecified atom stereocenters. The second-order valence-electron chi connectivity index (χ2n) is 6.10. The van der Waals surface area contributed by atoms with Crippen molar-refractivity contribution in [1.82, 2.24) is 10.6 Å². The summed E-state index contributed by atoms with van der Waals surface area (Å²) in [6, 6.07) is 8.25. The van der Waals surface area contributed by atoms with E-state index in [2.05, 4.69) is 10.6 Å². The van der Waals surface area contributed by atoms with Crippen LogP contribution < -0.4 is 16.4 Å². The quantitative estimate of drug-likeness (QED) is 0.772. The van der Waals surface area contributed by atoms with Crippen LogP contribution in [0.5, 0.6) is 0 Å². The molecule has 1 saturated carbocycles. The van der Waals surface area contributed by atoms with E-state index in [0.29, 0.717) is 23.6 Å². The summed E-state index contributed by atoms with van der Waals surface area (Å²) in [6.45, 7) is 0.465. The van der Waals surface area contributed by atoms with E-state index in [0.717, 1.165) is 25.0 Å². The monoisotopic (exact) mass is 353 g/mol. The van der Waals surface area contributed by atoms with Crippen molar-refractivity contribution in [3.05, 3.63) is 47.7 Å². The summed E-state index contributed by atoms with van der Waals surface area (Å²) in [7, 11) is 0. The number of hydrogen-bond donors (Lipinski definition) is 3. The van der Waals surface area contributed by atoms with Crippen LogP contribution in [-0.2, 0) is 12.7 Å². The molecule has 2 aromatic rings. The SMILES string of the molecule is NC(=O)NC1CC(NCc2ccc(-c3cccc(C(F)(F)F)c3)o2)C1. The number of primary amides is 1. The summed E-state index contributed by atoms with van der Waals surface area (Å²) in [6.07, 6.45) is -2.82. The average molecular weight is 353 g/mol. The van der Waals surface area contributed by atoms with Gasteiger partial charge in [0.05, 0.1) is 12.1 Å². The first-order chi connectivity index (χ1) is 11.8. The smallest absolute Gasteiger partial charge is 0.416 e. The zero-order chi connectivity index (χ0) is 18.0. The number of nitrogens with one attached hydrogen (secondary N) is 2. The Balaban J connectivity index is 1.56. The predicted molar refractivity (Wildman–Crippen MR) is 85.5 cm³/mol. The number of alkyl halides is 3. The standard InChI is InChI=1S/C17H18F3N3O2/c18-17(19,20)11-3-1-2-10(6-11)15-5-4-14(25-15)9-22-12-7-13(8-12)23-16(21)24/h1-6,12-13,22H,7-9H2,(H3,21,23,24). The molecule has 25 heavy (non-hydrogen) atoms. The summed E-state index contributed by atoms with van der Waals surface area (Å²) >= 11 is 0. The largest absolute Gasteiger partial charge is 0.460 e. The van der Waals surface area contributed by atoms with Crippen LogP contribution in [-0.4, -0.2) is 18.1 Å². The Morgan fingerprint density at radius 1 is 1.20 bits per heavy atom. The molecule has 1 aliphatic rings. The Bertz CT molecular complexity index is 752. The highest BCUT2D eigenvalue weighted by Crippen LogP contribution is 2.32. The lowest BCUT2D eigenvalue weighted by Gasteiger charge is -2.35. The van der Waals surface area contributed by atoms with Gasteiger partial charge in [0.1, 0.15) is 11.5 Å². The average Bonchev–Trinajstić information content (AvgIpc) is 2.97. The molecule has 1 aromatic heterocycles. The lowest BCUT2D eigenvalue weighted by Crippen LogP contribution is -2.53. The number of nitrogens with two attached hydrogens (primary N) is 1. The molecule has 1 aliphatic carbocycles. The Morgan fingerprint density at radius 2 is 1.96 bits per heavy atom. The minimum Gasteiger partial charge on any atom is -0.460 e. The molecule has 0 bridgehead atoms. The van der Waals surface area contributed by atoms with E-state index in [1.807, 2.05) is 0 Å². The molecule has 1 fully saturated rings. The molecule has 0 atom stereocenters. The van der Waals surface area contributed by atoms with Gasteiger partial charge >= 0.3 is 12.2 Å². The number of urea groups is 1. The summed E-state index contributed by atoms with van der Waals surface area (Å²) in [4.78, 5) is 10.7. The normalized spacial score (nSPS) is 20.1. The van der Waals surface area contributed by atoms with Crippen molar-refractivity contribution in [2.24, 2.45) is 5.73 Å². The maximum absolute atomic E-state index is 12.8. The summed E-state index contributed by atoms with van der Waals surface area (Å²) in [5, 5.41) is 5.91. The maximum Gasteiger partial charge on any atom is 0.416 e. The minimum atomic E-state index is -4.38. The van der Waals surface area contributed by atoms with Crippen molar-refractivity contribution in [3.8, 4) is 11.3 Å². The van der Waals surface area contributed by atoms with Crippen LogP contribution >= 0.6 is 0 Å². The van der Waals surface area contributed by atoms with Crippen molar-refractivity contribution >= 4 is 6.03 Å². The maximum atomic E-state index is 12.8. The van der Waals surface area contributed by atoms with Gasteiger partial charge in [0.2, 0.25) is 0 Å². The third kappa shape index (κ3) is 4.33. The molecule has 2 amide bonds. The second kappa shape index (κ2) is 6.79. The highest BCUT2D eigenvalue weighted by molar-refractivity contribution is 5.72. The van der Waals surface area contributed by atoms with Gasteiger partial charge in [0, 0.05) is 17.6 Å². The molecule has 1 heterocycles. The zero-order valence-corrected chi connectivity index (χ0v) is 13.3. The predicted octanol–water partition coefficient (Wildman–Crippen LogP) is 3.25. The number of amides is 2. The van der Waals surface area contributed by atoms with Crippen LogP contribution in [0.4, 0.5) is 18.0 Å². The first-order valence-corrected chi connectivity index (χ1v) is 7.87. The van der Waals surface area contributed by atoms with E-state index in [4.69, 9.17) is 10.2 Å². The Kier molecular flexibility index (Phi) is 4.71. The lowest BCUT2D eigenvalue weighted by molar-refractivity contribution is -0.137. The number of carbonyl (C=O) groups excluding carboxylic acids is 1. The third-order valence-corrected chi connectivity index (χ3v) is 4.19. The molecule has 4 N–H and O–H groups in total. The molecule has 0 spiro atoms. The van der Waals surface area contributed by atoms with Gasteiger partial charge in [-0.05, 0) is 37.1 Å². The third-order valence-electron chi connectivity index (χ3n) is 4.19. The Labute approximate surface area is 142 Å². The van der Waals surface area contributed by atoms with E-state index < -0.39 is 17.8 Å². The highest BCUT2D eigenvalue weighted by atomic mass is 19.4. The fraction of sp³-hybridized carbons (Fsp3) is 0.353. The fourth-order valence-electron chi connectivity index (χ4n) is 2.83. The highest BCUT2D eigenvalue weighted by Gasteiger charge is 2.31. The van der Waals surface area contributed by atoms with Crippen molar-refractivity contribution in [1.29, 1.82) is 0 Å². The number of halogens is 3. The molecule has 134 valence electrons. The first-order valence-electron chi connectivity index (χ1n) is 7.87. The number of carbonyl (C=O) groups is 1. The molecule has 8 heteroatoms. The molecule has 5 nitrogen and oxygen atoms in total. The molecule has 0 aliphatic heterocycles. The molecular formula is C17H18F3N3O2. The molecule has 0 saturated heterocycles. The van der Waals surface area contributed by atoms with Crippen LogP contribution in [0.15, 0.2) is 40.8 Å². The zero-order valence-electron chi connectivity index (χ0n) is 13.3. The van der Waals surface area contributed by atoms with E-state index in [1.54, 1.807) is 18.2 Å². The van der Waals surface area contributed by atoms with Crippen LogP contribution in [0.3, 0.4) is 0 Å². The van der Waals surface area contributed by atoms with E-state index in [9.17, 15) is 18.0 Å². The van der Waals surface area contributed by atoms with Crippen molar-refractivity contribution in [3.63, 3.8) is 0 Å². The lowest BCUT2D eigenvalue weighted by atomic mass is 9.87. The van der Waals surface area contributed by atoms with Crippen LogP contribution in [0.1, 0.15) is 24.2 Å². The summed E-state index contributed by atoms with van der Waals surface area (Å²) in [5.74, 6) is 1.03. The van der Waals surface area contributed by atoms with Crippen molar-refractivity contribution in [2.45, 2.75) is 37.6 Å². The topological polar surface area (TPSA) is 80.3 Å². The molecule has 0 radical (unpaired) electrons. The van der Waals surface area contributed by atoms with Gasteiger partial charge in [0.15, 0.2) is 0 Å². The molecule has 1 aromatic carbocycles. The second-order valence-corrected chi connectivity index (χ2v) is 6.10. The van der Waals surface area contributed by atoms with Gasteiger partial charge < -0.3 is 20.8 Å². The number of furan rings is 1. The Morgan fingerprint density at radius 3 is 2.64 bits per heavy atom. The van der Waals surface area contributed by atoms with Gasteiger partial charge in [-0.25, -0.2) is 4.79 Å². The van der Waals surface area contributed by atoms with Gasteiger partial charge in [-0.3, -0.25) is 0 Å². The van der Waals surface area contributed by atoms with Crippen LogP contribution in [0.25, 0.3) is 11.3 Å². The van der Waals surface area contributed by atoms with Gasteiger partial charge in [0.25, 0.3) is 0 Å². The molecular weight excluding hydrogens is 335 g/mol. The summed E-state index contributed by atoms with van der Waals surface area (Å²) in [5.41, 5.74) is 4.73. The number of rotatable bonds is 5. The van der Waals surface area contributed by atoms with Gasteiger partial charge in [-0.15, -0.1) is 0 Å². The number of benzene rings is 1. The first kappa shape index (κ1) is 17.3. The van der Waals surface area contributed by atoms with Crippen LogP contribution in [0, 0.1) is 0 Å².